The molecule has 1 aliphatic rings. The SMILES string of the molecule is O=C(O)CC(Nc1ccc2c(c1)OCCN2CCCNc1ccccn1)c1ccccc1. The molecule has 7 heteroatoms. The molecule has 0 fully saturated rings. The number of carboxylic acid groups (broad SMARTS) is 1. The Hall–Kier alpha value is -3.74. The summed E-state index contributed by atoms with van der Waals surface area (Å²) in [4.78, 5) is 18.0. The van der Waals surface area contributed by atoms with Crippen LogP contribution in [-0.4, -0.2) is 42.3 Å². The van der Waals surface area contributed by atoms with Crippen molar-refractivity contribution in [3.8, 4) is 5.75 Å². The molecule has 4 rings (SSSR count). The maximum absolute atomic E-state index is 11.4. The Morgan fingerprint density at radius 2 is 1.97 bits per heavy atom. The summed E-state index contributed by atoms with van der Waals surface area (Å²) in [5.41, 5.74) is 2.85. The van der Waals surface area contributed by atoms with Gasteiger partial charge in [0.15, 0.2) is 0 Å². The minimum absolute atomic E-state index is 0.00263. The van der Waals surface area contributed by atoms with E-state index < -0.39 is 5.97 Å². The highest BCUT2D eigenvalue weighted by atomic mass is 16.5. The van der Waals surface area contributed by atoms with Gasteiger partial charge < -0.3 is 25.4 Å². The topological polar surface area (TPSA) is 86.7 Å². The number of fused-ring (bicyclic) bond motifs is 1. The Balaban J connectivity index is 1.39. The molecule has 3 aromatic rings. The molecule has 0 radical (unpaired) electrons. The van der Waals surface area contributed by atoms with Crippen LogP contribution in [0.15, 0.2) is 72.9 Å². The summed E-state index contributed by atoms with van der Waals surface area (Å²) in [7, 11) is 0. The van der Waals surface area contributed by atoms with Crippen molar-refractivity contribution < 1.29 is 14.6 Å². The van der Waals surface area contributed by atoms with Gasteiger partial charge in [-0.15, -0.1) is 0 Å². The summed E-state index contributed by atoms with van der Waals surface area (Å²) in [6, 6.07) is 21.2. The van der Waals surface area contributed by atoms with Crippen LogP contribution in [0.1, 0.15) is 24.4 Å². The molecule has 1 atom stereocenters. The monoisotopic (exact) mass is 432 g/mol. The Morgan fingerprint density at radius 3 is 2.75 bits per heavy atom. The van der Waals surface area contributed by atoms with Crippen molar-refractivity contribution in [1.29, 1.82) is 0 Å². The molecule has 7 nitrogen and oxygen atoms in total. The molecule has 0 saturated carbocycles. The second-order valence-corrected chi connectivity index (χ2v) is 7.72. The summed E-state index contributed by atoms with van der Waals surface area (Å²) >= 11 is 0. The van der Waals surface area contributed by atoms with Crippen molar-refractivity contribution in [2.24, 2.45) is 0 Å². The molecule has 32 heavy (non-hydrogen) atoms. The fourth-order valence-electron chi connectivity index (χ4n) is 3.87. The molecular formula is C25H28N4O3. The van der Waals surface area contributed by atoms with Crippen molar-refractivity contribution >= 4 is 23.2 Å². The van der Waals surface area contributed by atoms with E-state index in [0.717, 1.165) is 54.6 Å². The third-order valence-electron chi connectivity index (χ3n) is 5.42. The number of anilines is 3. The standard InChI is InChI=1S/C25H28N4O3/c30-25(31)18-21(19-7-2-1-3-8-19)28-20-10-11-22-23(17-20)32-16-15-29(22)14-6-13-27-24-9-4-5-12-26-24/h1-5,7-12,17,21,28H,6,13-16,18H2,(H,26,27)(H,30,31). The minimum atomic E-state index is -0.842. The smallest absolute Gasteiger partial charge is 0.305 e. The number of nitrogens with zero attached hydrogens (tertiary/aromatic N) is 2. The quantitative estimate of drug-likeness (QED) is 0.409. The number of carboxylic acids is 1. The van der Waals surface area contributed by atoms with E-state index in [2.05, 4.69) is 20.5 Å². The van der Waals surface area contributed by atoms with Gasteiger partial charge >= 0.3 is 5.97 Å². The first-order valence-corrected chi connectivity index (χ1v) is 10.9. The zero-order valence-corrected chi connectivity index (χ0v) is 17.9. The maximum Gasteiger partial charge on any atom is 0.305 e. The first kappa shape index (κ1) is 21.5. The Morgan fingerprint density at radius 1 is 1.12 bits per heavy atom. The van der Waals surface area contributed by atoms with Gasteiger partial charge in [-0.1, -0.05) is 36.4 Å². The maximum atomic E-state index is 11.4. The third kappa shape index (κ3) is 5.69. The van der Waals surface area contributed by atoms with Gasteiger partial charge in [-0.05, 0) is 36.2 Å². The van der Waals surface area contributed by atoms with Crippen LogP contribution in [0.4, 0.5) is 17.2 Å². The van der Waals surface area contributed by atoms with Crippen LogP contribution in [0.5, 0.6) is 5.75 Å². The summed E-state index contributed by atoms with van der Waals surface area (Å²) in [6.07, 6.45) is 2.76. The third-order valence-corrected chi connectivity index (χ3v) is 5.42. The number of hydrogen-bond donors (Lipinski definition) is 3. The van der Waals surface area contributed by atoms with Crippen LogP contribution in [0.25, 0.3) is 0 Å². The number of nitrogens with one attached hydrogen (secondary N) is 2. The van der Waals surface area contributed by atoms with Crippen molar-refractivity contribution in [3.05, 3.63) is 78.5 Å². The Labute approximate surface area is 188 Å². The number of ether oxygens (including phenoxy) is 1. The van der Waals surface area contributed by atoms with Gasteiger partial charge in [0.05, 0.1) is 24.7 Å². The molecule has 0 aliphatic carbocycles. The average molecular weight is 433 g/mol. The van der Waals surface area contributed by atoms with Crippen LogP contribution in [-0.2, 0) is 4.79 Å². The highest BCUT2D eigenvalue weighted by Crippen LogP contribution is 2.35. The lowest BCUT2D eigenvalue weighted by molar-refractivity contribution is -0.137. The first-order chi connectivity index (χ1) is 15.7. The van der Waals surface area contributed by atoms with E-state index in [1.807, 2.05) is 66.7 Å². The molecule has 0 amide bonds. The summed E-state index contributed by atoms with van der Waals surface area (Å²) in [5, 5.41) is 16.1. The van der Waals surface area contributed by atoms with Gasteiger partial charge in [0.1, 0.15) is 18.2 Å². The van der Waals surface area contributed by atoms with Gasteiger partial charge in [-0.25, -0.2) is 4.98 Å². The molecular weight excluding hydrogens is 404 g/mol. The lowest BCUT2D eigenvalue weighted by atomic mass is 10.0. The molecule has 1 unspecified atom stereocenters. The number of carbonyl (C=O) groups is 1. The normalized spacial score (nSPS) is 13.6. The van der Waals surface area contributed by atoms with Crippen molar-refractivity contribution in [1.82, 2.24) is 4.98 Å². The minimum Gasteiger partial charge on any atom is -0.489 e. The number of aromatic nitrogens is 1. The second kappa shape index (κ2) is 10.5. The van der Waals surface area contributed by atoms with Crippen molar-refractivity contribution in [3.63, 3.8) is 0 Å². The fraction of sp³-hybridized carbons (Fsp3) is 0.280. The van der Waals surface area contributed by atoms with Gasteiger partial charge in [0.2, 0.25) is 0 Å². The van der Waals surface area contributed by atoms with Crippen molar-refractivity contribution in [2.75, 3.05) is 41.8 Å². The molecule has 0 saturated heterocycles. The molecule has 166 valence electrons. The zero-order chi connectivity index (χ0) is 22.2. The molecule has 2 aromatic carbocycles. The van der Waals surface area contributed by atoms with E-state index in [-0.39, 0.29) is 12.5 Å². The zero-order valence-electron chi connectivity index (χ0n) is 17.9. The van der Waals surface area contributed by atoms with Gasteiger partial charge in [0.25, 0.3) is 0 Å². The molecule has 1 aromatic heterocycles. The summed E-state index contributed by atoms with van der Waals surface area (Å²) in [6.45, 7) is 3.22. The molecule has 0 bridgehead atoms. The van der Waals surface area contributed by atoms with E-state index in [4.69, 9.17) is 4.74 Å². The molecule has 1 aliphatic heterocycles. The van der Waals surface area contributed by atoms with E-state index in [9.17, 15) is 9.90 Å². The number of benzene rings is 2. The van der Waals surface area contributed by atoms with E-state index in [0.29, 0.717) is 6.61 Å². The Bertz CT molecular complexity index is 1010. The second-order valence-electron chi connectivity index (χ2n) is 7.72. The number of pyridine rings is 1. The first-order valence-electron chi connectivity index (χ1n) is 10.9. The molecule has 2 heterocycles. The van der Waals surface area contributed by atoms with Gasteiger partial charge in [-0.2, -0.15) is 0 Å². The van der Waals surface area contributed by atoms with E-state index in [1.165, 1.54) is 0 Å². The molecule has 3 N–H and O–H groups in total. The fourth-order valence-corrected chi connectivity index (χ4v) is 3.87. The number of hydrogen-bond acceptors (Lipinski definition) is 6. The summed E-state index contributed by atoms with van der Waals surface area (Å²) in [5.74, 6) is 0.868. The highest BCUT2D eigenvalue weighted by Gasteiger charge is 2.20. The van der Waals surface area contributed by atoms with Gasteiger partial charge in [-0.3, -0.25) is 4.79 Å². The largest absolute Gasteiger partial charge is 0.489 e. The lowest BCUT2D eigenvalue weighted by Gasteiger charge is -2.32. The van der Waals surface area contributed by atoms with Crippen LogP contribution < -0.4 is 20.3 Å². The van der Waals surface area contributed by atoms with Crippen LogP contribution >= 0.6 is 0 Å². The van der Waals surface area contributed by atoms with E-state index in [1.54, 1.807) is 6.20 Å². The number of aliphatic carboxylic acids is 1. The van der Waals surface area contributed by atoms with Gasteiger partial charge in [0, 0.05) is 31.0 Å². The predicted octanol–water partition coefficient (Wildman–Crippen LogP) is 4.41. The average Bonchev–Trinajstić information content (AvgIpc) is 2.82. The highest BCUT2D eigenvalue weighted by molar-refractivity contribution is 5.70. The number of rotatable bonds is 10. The molecule has 0 spiro atoms. The lowest BCUT2D eigenvalue weighted by Crippen LogP contribution is -2.34. The van der Waals surface area contributed by atoms with Crippen LogP contribution in [0.3, 0.4) is 0 Å². The van der Waals surface area contributed by atoms with E-state index >= 15 is 0 Å². The van der Waals surface area contributed by atoms with Crippen LogP contribution in [0, 0.1) is 0 Å². The van der Waals surface area contributed by atoms with Crippen LogP contribution in [0.2, 0.25) is 0 Å². The predicted molar refractivity (Wildman–Crippen MR) is 127 cm³/mol. The Kier molecular flexibility index (Phi) is 7.07. The summed E-state index contributed by atoms with van der Waals surface area (Å²) < 4.78 is 5.91. The van der Waals surface area contributed by atoms with Crippen molar-refractivity contribution in [2.45, 2.75) is 18.9 Å².